The number of nitrogens with one attached hydrogen (secondary N) is 5. The lowest BCUT2D eigenvalue weighted by Crippen LogP contribution is -2.38. The molecular weight excluding hydrogens is 683 g/mol. The molecule has 5 N–H and O–H groups in total. The lowest BCUT2D eigenvalue weighted by Gasteiger charge is -2.33. The Kier molecular flexibility index (Phi) is 17.7. The van der Waals surface area contributed by atoms with E-state index in [9.17, 15) is 18.0 Å². The number of likely N-dealkylation sites (N-methyl/N-ethyl adjacent to an activating group) is 1. The Hall–Kier alpha value is -2.69. The molecule has 1 unspecified atom stereocenters. The molecule has 0 fully saturated rings. The molecule has 0 radical (unpaired) electrons. The molecule has 1 aliphatic rings. The van der Waals surface area contributed by atoms with Gasteiger partial charge in [0.25, 0.3) is 0 Å². The van der Waals surface area contributed by atoms with Gasteiger partial charge >= 0.3 is 12.1 Å². The molecule has 16 heteroatoms. The van der Waals surface area contributed by atoms with E-state index >= 15 is 0 Å². The van der Waals surface area contributed by atoms with Crippen LogP contribution in [-0.4, -0.2) is 111 Å². The van der Waals surface area contributed by atoms with Crippen LogP contribution < -0.4 is 26.0 Å². The molecule has 0 spiro atoms. The molecule has 1 heterocycles. The van der Waals surface area contributed by atoms with E-state index in [-0.39, 0.29) is 36.0 Å². The number of benzene rings is 2. The largest absolute Gasteiger partial charge is 0.378 e. The predicted molar refractivity (Wildman–Crippen MR) is 186 cm³/mol. The van der Waals surface area contributed by atoms with Gasteiger partial charge in [-0.2, -0.15) is 0 Å². The van der Waals surface area contributed by atoms with Crippen molar-refractivity contribution < 1.29 is 32.2 Å². The molecule has 1 aliphatic heterocycles. The minimum Gasteiger partial charge on any atom is -0.378 e. The zero-order chi connectivity index (χ0) is 34.8. The molecule has 48 heavy (non-hydrogen) atoms. The molecule has 0 saturated carbocycles. The topological polar surface area (TPSA) is 159 Å². The Labute approximate surface area is 293 Å². The second-order valence-corrected chi connectivity index (χ2v) is 13.8. The fourth-order valence-corrected chi connectivity index (χ4v) is 6.72. The van der Waals surface area contributed by atoms with Crippen LogP contribution in [0.5, 0.6) is 0 Å². The number of ether oxygens (including phenoxy) is 3. The highest BCUT2D eigenvalue weighted by atomic mass is 35.5. The van der Waals surface area contributed by atoms with Crippen molar-refractivity contribution in [3.63, 3.8) is 0 Å². The van der Waals surface area contributed by atoms with Crippen LogP contribution in [0.15, 0.2) is 41.3 Å². The van der Waals surface area contributed by atoms with E-state index in [4.69, 9.17) is 37.4 Å². The van der Waals surface area contributed by atoms with Gasteiger partial charge in [0, 0.05) is 61.8 Å². The quantitative estimate of drug-likeness (QED) is 0.122. The van der Waals surface area contributed by atoms with Gasteiger partial charge in [0.2, 0.25) is 10.0 Å². The number of fused-ring (bicyclic) bond motifs is 1. The van der Waals surface area contributed by atoms with Gasteiger partial charge in [-0.1, -0.05) is 35.3 Å². The molecule has 4 amide bonds. The summed E-state index contributed by atoms with van der Waals surface area (Å²) >= 11 is 12.8. The molecular formula is C32H48Cl2N6O7S. The smallest absolute Gasteiger partial charge is 0.314 e. The van der Waals surface area contributed by atoms with Crippen LogP contribution >= 0.6 is 23.2 Å². The van der Waals surface area contributed by atoms with Gasteiger partial charge in [-0.25, -0.2) is 22.7 Å². The first kappa shape index (κ1) is 39.7. The third-order valence-corrected chi connectivity index (χ3v) is 9.40. The van der Waals surface area contributed by atoms with Crippen molar-refractivity contribution >= 4 is 45.3 Å². The third-order valence-electron chi connectivity index (χ3n) is 7.39. The number of rotatable bonds is 21. The maximum atomic E-state index is 13.0. The van der Waals surface area contributed by atoms with Crippen LogP contribution in [0.1, 0.15) is 42.4 Å². The molecule has 268 valence electrons. The molecule has 0 aromatic heterocycles. The maximum Gasteiger partial charge on any atom is 0.314 e. The molecule has 2 aromatic carbocycles. The lowest BCUT2D eigenvalue weighted by atomic mass is 9.85. The minimum absolute atomic E-state index is 0.0699. The van der Waals surface area contributed by atoms with E-state index < -0.39 is 10.0 Å². The average Bonchev–Trinajstić information content (AvgIpc) is 3.05. The summed E-state index contributed by atoms with van der Waals surface area (Å²) in [5, 5.41) is 12.0. The van der Waals surface area contributed by atoms with Gasteiger partial charge < -0.3 is 40.4 Å². The number of carbonyl (C=O) groups is 2. The fraction of sp³-hybridized carbons (Fsp3) is 0.562. The van der Waals surface area contributed by atoms with Crippen molar-refractivity contribution in [2.75, 3.05) is 86.0 Å². The van der Waals surface area contributed by atoms with Crippen molar-refractivity contribution in [2.24, 2.45) is 0 Å². The van der Waals surface area contributed by atoms with Crippen molar-refractivity contribution in [3.05, 3.63) is 63.1 Å². The molecule has 13 nitrogen and oxygen atoms in total. The van der Waals surface area contributed by atoms with E-state index in [1.165, 1.54) is 0 Å². The standard InChI is InChI=1S/C32H48Cl2N6O7S/c1-3-35-31(41)36-9-4-5-10-37-32(42)38-11-13-45-15-17-47-18-16-46-14-12-39-48(43,44)26-8-6-7-24(19-26)28-22-40(2)23-29-27(28)20-25(33)21-30(29)34/h6-8,19-21,28,39H,3-5,9-18,22-23H2,1-2H3,(H2,35,36,41)(H2,37,38,42). The number of nitrogens with zero attached hydrogens (tertiary/aromatic N) is 1. The Balaban J connectivity index is 1.22. The summed E-state index contributed by atoms with van der Waals surface area (Å²) in [6, 6.07) is 10.1. The SMILES string of the molecule is CCNC(=O)NCCCCNC(=O)NCCOCCOCCOCCNS(=O)(=O)c1cccc(C2CN(C)Cc3c(Cl)cc(Cl)cc32)c1. The summed E-state index contributed by atoms with van der Waals surface area (Å²) in [6.45, 7) is 7.30. The first-order valence-corrected chi connectivity index (χ1v) is 18.4. The number of hydrogen-bond donors (Lipinski definition) is 5. The average molecular weight is 732 g/mol. The van der Waals surface area contributed by atoms with Gasteiger partial charge in [0.1, 0.15) is 0 Å². The summed E-state index contributed by atoms with van der Waals surface area (Å²) in [5.74, 6) is -0.0699. The second-order valence-electron chi connectivity index (χ2n) is 11.2. The molecule has 1 atom stereocenters. The van der Waals surface area contributed by atoms with Crippen LogP contribution in [0.25, 0.3) is 0 Å². The van der Waals surface area contributed by atoms with Crippen LogP contribution in [0.2, 0.25) is 10.0 Å². The number of halogens is 2. The number of unbranched alkanes of at least 4 members (excludes halogenated alkanes) is 1. The van der Waals surface area contributed by atoms with E-state index in [1.54, 1.807) is 24.3 Å². The lowest BCUT2D eigenvalue weighted by molar-refractivity contribution is 0.0165. The zero-order valence-corrected chi connectivity index (χ0v) is 29.9. The Bertz CT molecular complexity index is 1420. The first-order chi connectivity index (χ1) is 23.1. The highest BCUT2D eigenvalue weighted by Crippen LogP contribution is 2.38. The van der Waals surface area contributed by atoms with Crippen LogP contribution in [0, 0.1) is 0 Å². The number of sulfonamides is 1. The van der Waals surface area contributed by atoms with E-state index in [2.05, 4.69) is 30.9 Å². The summed E-state index contributed by atoms with van der Waals surface area (Å²) in [7, 11) is -1.74. The van der Waals surface area contributed by atoms with Crippen LogP contribution in [0.3, 0.4) is 0 Å². The normalized spacial score (nSPS) is 14.7. The summed E-state index contributed by atoms with van der Waals surface area (Å²) in [4.78, 5) is 25.4. The highest BCUT2D eigenvalue weighted by molar-refractivity contribution is 7.89. The maximum absolute atomic E-state index is 13.0. The zero-order valence-electron chi connectivity index (χ0n) is 27.6. The van der Waals surface area contributed by atoms with Gasteiger partial charge in [0.05, 0.1) is 44.5 Å². The van der Waals surface area contributed by atoms with Crippen molar-refractivity contribution in [3.8, 4) is 0 Å². The molecule has 0 saturated heterocycles. The van der Waals surface area contributed by atoms with E-state index in [0.717, 1.165) is 29.5 Å². The molecule has 0 aliphatic carbocycles. The van der Waals surface area contributed by atoms with Gasteiger partial charge in [0.15, 0.2) is 0 Å². The Morgan fingerprint density at radius 2 is 1.44 bits per heavy atom. The molecule has 2 aromatic rings. The number of urea groups is 2. The monoisotopic (exact) mass is 730 g/mol. The fourth-order valence-electron chi connectivity index (χ4n) is 5.08. The number of hydrogen-bond acceptors (Lipinski definition) is 8. The van der Waals surface area contributed by atoms with Crippen molar-refractivity contribution in [2.45, 2.75) is 37.1 Å². The second kappa shape index (κ2) is 21.4. The summed E-state index contributed by atoms with van der Waals surface area (Å²) in [5.41, 5.74) is 2.89. The van der Waals surface area contributed by atoms with Crippen LogP contribution in [-0.2, 0) is 30.8 Å². The van der Waals surface area contributed by atoms with Gasteiger partial charge in [-0.15, -0.1) is 0 Å². The number of amides is 4. The number of carbonyl (C=O) groups excluding carboxylic acids is 2. The molecule has 0 bridgehead atoms. The summed E-state index contributed by atoms with van der Waals surface area (Å²) in [6.07, 6.45) is 1.52. The Morgan fingerprint density at radius 1 is 0.833 bits per heavy atom. The van der Waals surface area contributed by atoms with Gasteiger partial charge in [-0.3, -0.25) is 0 Å². The van der Waals surface area contributed by atoms with E-state index in [0.29, 0.717) is 82.3 Å². The Morgan fingerprint density at radius 3 is 2.10 bits per heavy atom. The highest BCUT2D eigenvalue weighted by Gasteiger charge is 2.28. The van der Waals surface area contributed by atoms with Crippen molar-refractivity contribution in [1.29, 1.82) is 0 Å². The third kappa shape index (κ3) is 14.0. The minimum atomic E-state index is -3.75. The van der Waals surface area contributed by atoms with Crippen LogP contribution in [0.4, 0.5) is 9.59 Å². The van der Waals surface area contributed by atoms with Crippen molar-refractivity contribution in [1.82, 2.24) is 30.9 Å². The first-order valence-electron chi connectivity index (χ1n) is 16.1. The van der Waals surface area contributed by atoms with Gasteiger partial charge in [-0.05, 0) is 67.8 Å². The predicted octanol–water partition coefficient (Wildman–Crippen LogP) is 3.30. The molecule has 3 rings (SSSR count). The van der Waals surface area contributed by atoms with E-state index in [1.807, 2.05) is 26.1 Å². The summed E-state index contributed by atoms with van der Waals surface area (Å²) < 4.78 is 45.1.